The summed E-state index contributed by atoms with van der Waals surface area (Å²) in [5.74, 6) is 1.21. The molecule has 0 radical (unpaired) electrons. The van der Waals surface area contributed by atoms with Gasteiger partial charge in [0.05, 0.1) is 0 Å². The Morgan fingerprint density at radius 3 is 2.47 bits per heavy atom. The molecule has 1 atom stereocenters. The third-order valence-corrected chi connectivity index (χ3v) is 4.39. The van der Waals surface area contributed by atoms with Gasteiger partial charge in [0, 0.05) is 11.4 Å². The first-order chi connectivity index (χ1) is 8.20. The third-order valence-electron chi connectivity index (χ3n) is 3.37. The first-order valence-electron chi connectivity index (χ1n) is 6.59. The van der Waals surface area contributed by atoms with Crippen LogP contribution < -0.4 is 5.32 Å². The van der Waals surface area contributed by atoms with Crippen molar-refractivity contribution in [2.75, 3.05) is 18.8 Å². The largest absolute Gasteiger partial charge is 0.316 e. The Kier molecular flexibility index (Phi) is 6.68. The van der Waals surface area contributed by atoms with Crippen molar-refractivity contribution in [2.24, 2.45) is 5.41 Å². The zero-order valence-corrected chi connectivity index (χ0v) is 12.1. The van der Waals surface area contributed by atoms with Gasteiger partial charge in [0.15, 0.2) is 0 Å². The summed E-state index contributed by atoms with van der Waals surface area (Å²) >= 11 is 1.97. The number of hydrogen-bond acceptors (Lipinski definition) is 2. The summed E-state index contributed by atoms with van der Waals surface area (Å²) in [4.78, 5) is 1.38. The minimum Gasteiger partial charge on any atom is -0.316 e. The fourth-order valence-electron chi connectivity index (χ4n) is 1.75. The van der Waals surface area contributed by atoms with Crippen LogP contribution in [0, 0.1) is 5.41 Å². The van der Waals surface area contributed by atoms with Crippen molar-refractivity contribution in [2.45, 2.75) is 38.5 Å². The van der Waals surface area contributed by atoms with E-state index in [0.717, 1.165) is 13.1 Å². The normalized spacial score (nSPS) is 14.5. The Labute approximate surface area is 110 Å². The summed E-state index contributed by atoms with van der Waals surface area (Å²) in [6.07, 6.45) is 2.52. The second-order valence-corrected chi connectivity index (χ2v) is 6.02. The third kappa shape index (κ3) is 5.60. The van der Waals surface area contributed by atoms with E-state index in [2.05, 4.69) is 56.4 Å². The van der Waals surface area contributed by atoms with Gasteiger partial charge in [-0.3, -0.25) is 0 Å². The van der Waals surface area contributed by atoms with Gasteiger partial charge < -0.3 is 5.32 Å². The predicted octanol–water partition coefficient (Wildman–Crippen LogP) is 4.19. The van der Waals surface area contributed by atoms with Gasteiger partial charge in [0.25, 0.3) is 0 Å². The monoisotopic (exact) mass is 251 g/mol. The topological polar surface area (TPSA) is 12.0 Å². The van der Waals surface area contributed by atoms with Gasteiger partial charge in [0.1, 0.15) is 0 Å². The summed E-state index contributed by atoms with van der Waals surface area (Å²) in [7, 11) is 0. The lowest BCUT2D eigenvalue weighted by Crippen LogP contribution is -2.31. The predicted molar refractivity (Wildman–Crippen MR) is 78.7 cm³/mol. The van der Waals surface area contributed by atoms with Crippen LogP contribution in [-0.4, -0.2) is 18.8 Å². The minimum absolute atomic E-state index is 0.442. The highest BCUT2D eigenvalue weighted by Crippen LogP contribution is 2.29. The van der Waals surface area contributed by atoms with Gasteiger partial charge in [-0.25, -0.2) is 0 Å². The van der Waals surface area contributed by atoms with Gasteiger partial charge in [-0.1, -0.05) is 39.0 Å². The molecule has 0 aliphatic heterocycles. The zero-order valence-electron chi connectivity index (χ0n) is 11.3. The summed E-state index contributed by atoms with van der Waals surface area (Å²) in [5, 5.41) is 3.48. The molecule has 1 nitrogen and oxygen atoms in total. The average molecular weight is 251 g/mol. The van der Waals surface area contributed by atoms with Crippen LogP contribution in [0.3, 0.4) is 0 Å². The molecule has 0 aliphatic rings. The van der Waals surface area contributed by atoms with E-state index in [1.807, 2.05) is 11.8 Å². The van der Waals surface area contributed by atoms with Gasteiger partial charge >= 0.3 is 0 Å². The Bertz CT molecular complexity index is 299. The maximum atomic E-state index is 3.48. The molecule has 96 valence electrons. The Balaban J connectivity index is 2.32. The highest BCUT2D eigenvalue weighted by Gasteiger charge is 2.20. The maximum Gasteiger partial charge on any atom is 0.00719 e. The highest BCUT2D eigenvalue weighted by molar-refractivity contribution is 7.99. The van der Waals surface area contributed by atoms with Crippen molar-refractivity contribution in [1.29, 1.82) is 0 Å². The van der Waals surface area contributed by atoms with Crippen molar-refractivity contribution in [3.05, 3.63) is 30.3 Å². The average Bonchev–Trinajstić information content (AvgIpc) is 2.38. The van der Waals surface area contributed by atoms with E-state index in [9.17, 15) is 0 Å². The molecule has 0 amide bonds. The SMILES string of the molecule is CCNCC(C)(CC)CCSc1ccccc1. The number of rotatable bonds is 8. The molecule has 0 fully saturated rings. The smallest absolute Gasteiger partial charge is 0.00719 e. The molecular formula is C15H25NS. The first-order valence-corrected chi connectivity index (χ1v) is 7.57. The van der Waals surface area contributed by atoms with Crippen molar-refractivity contribution in [3.63, 3.8) is 0 Å². The Morgan fingerprint density at radius 2 is 1.88 bits per heavy atom. The van der Waals surface area contributed by atoms with E-state index in [-0.39, 0.29) is 0 Å². The fraction of sp³-hybridized carbons (Fsp3) is 0.600. The molecule has 0 heterocycles. The number of nitrogens with one attached hydrogen (secondary N) is 1. The molecule has 1 N–H and O–H groups in total. The summed E-state index contributed by atoms with van der Waals surface area (Å²) < 4.78 is 0. The number of thioether (sulfide) groups is 1. The van der Waals surface area contributed by atoms with Gasteiger partial charge in [0.2, 0.25) is 0 Å². The van der Waals surface area contributed by atoms with E-state index in [1.54, 1.807) is 0 Å². The van der Waals surface area contributed by atoms with Crippen LogP contribution in [0.4, 0.5) is 0 Å². The zero-order chi connectivity index (χ0) is 12.6. The molecule has 0 saturated heterocycles. The van der Waals surface area contributed by atoms with Crippen LogP contribution >= 0.6 is 11.8 Å². The lowest BCUT2D eigenvalue weighted by molar-refractivity contribution is 0.286. The molecule has 17 heavy (non-hydrogen) atoms. The second kappa shape index (κ2) is 7.78. The van der Waals surface area contributed by atoms with Crippen LogP contribution in [0.5, 0.6) is 0 Å². The van der Waals surface area contributed by atoms with Crippen LogP contribution in [0.25, 0.3) is 0 Å². The lowest BCUT2D eigenvalue weighted by Gasteiger charge is -2.28. The van der Waals surface area contributed by atoms with Crippen molar-refractivity contribution >= 4 is 11.8 Å². The molecule has 0 saturated carbocycles. The van der Waals surface area contributed by atoms with Gasteiger partial charge in [-0.2, -0.15) is 0 Å². The van der Waals surface area contributed by atoms with Crippen LogP contribution in [0.2, 0.25) is 0 Å². The van der Waals surface area contributed by atoms with Crippen molar-refractivity contribution < 1.29 is 0 Å². The van der Waals surface area contributed by atoms with Gasteiger partial charge in [-0.05, 0) is 42.7 Å². The molecule has 1 aromatic rings. The summed E-state index contributed by atoms with van der Waals surface area (Å²) in [5.41, 5.74) is 0.442. The first kappa shape index (κ1) is 14.6. The quantitative estimate of drug-likeness (QED) is 0.695. The molecular weight excluding hydrogens is 226 g/mol. The molecule has 1 rings (SSSR count). The summed E-state index contributed by atoms with van der Waals surface area (Å²) in [6, 6.07) is 10.7. The van der Waals surface area contributed by atoms with Gasteiger partial charge in [-0.15, -0.1) is 11.8 Å². The van der Waals surface area contributed by atoms with Crippen LogP contribution in [0.15, 0.2) is 35.2 Å². The van der Waals surface area contributed by atoms with Crippen molar-refractivity contribution in [3.8, 4) is 0 Å². The van der Waals surface area contributed by atoms with Crippen LogP contribution in [0.1, 0.15) is 33.6 Å². The minimum atomic E-state index is 0.442. The van der Waals surface area contributed by atoms with Crippen LogP contribution in [-0.2, 0) is 0 Å². The molecule has 0 aliphatic carbocycles. The van der Waals surface area contributed by atoms with E-state index in [4.69, 9.17) is 0 Å². The molecule has 2 heteroatoms. The van der Waals surface area contributed by atoms with E-state index >= 15 is 0 Å². The molecule has 1 aromatic carbocycles. The highest BCUT2D eigenvalue weighted by atomic mass is 32.2. The lowest BCUT2D eigenvalue weighted by atomic mass is 9.85. The number of benzene rings is 1. The van der Waals surface area contributed by atoms with E-state index < -0.39 is 0 Å². The summed E-state index contributed by atoms with van der Waals surface area (Å²) in [6.45, 7) is 9.07. The molecule has 0 aromatic heterocycles. The fourth-order valence-corrected chi connectivity index (χ4v) is 2.93. The Morgan fingerprint density at radius 1 is 1.18 bits per heavy atom. The molecule has 0 bridgehead atoms. The molecule has 0 spiro atoms. The standard InChI is InChI=1S/C15H25NS/c1-4-15(3,13-16-5-2)11-12-17-14-9-7-6-8-10-14/h6-10,16H,4-5,11-13H2,1-3H3. The number of hydrogen-bond donors (Lipinski definition) is 1. The Hall–Kier alpha value is -0.470. The van der Waals surface area contributed by atoms with E-state index in [1.165, 1.54) is 23.5 Å². The van der Waals surface area contributed by atoms with Crippen molar-refractivity contribution in [1.82, 2.24) is 5.32 Å². The molecule has 1 unspecified atom stereocenters. The maximum absolute atomic E-state index is 3.48. The van der Waals surface area contributed by atoms with E-state index in [0.29, 0.717) is 5.41 Å². The second-order valence-electron chi connectivity index (χ2n) is 4.86.